The molecule has 2 N–H and O–H groups in total. The number of carbonyl (C=O) groups excluding carboxylic acids is 1. The molecule has 5 nitrogen and oxygen atoms in total. The number of benzene rings is 2. The van der Waals surface area contributed by atoms with Crippen LogP contribution < -0.4 is 10.1 Å². The van der Waals surface area contributed by atoms with Crippen LogP contribution in [0, 0.1) is 0 Å². The summed E-state index contributed by atoms with van der Waals surface area (Å²) in [4.78, 5) is 19.3. The normalized spacial score (nSPS) is 10.6. The molecular formula is C17H17N3O2. The van der Waals surface area contributed by atoms with E-state index in [-0.39, 0.29) is 5.91 Å². The van der Waals surface area contributed by atoms with Crippen LogP contribution in [-0.4, -0.2) is 22.5 Å². The molecule has 112 valence electrons. The predicted octanol–water partition coefficient (Wildman–Crippen LogP) is 2.89. The lowest BCUT2D eigenvalue weighted by Crippen LogP contribution is -2.22. The van der Waals surface area contributed by atoms with E-state index in [0.29, 0.717) is 18.7 Å². The molecule has 2 aromatic carbocycles. The van der Waals surface area contributed by atoms with Crippen molar-refractivity contribution in [3.63, 3.8) is 0 Å². The highest BCUT2D eigenvalue weighted by Crippen LogP contribution is 2.13. The predicted molar refractivity (Wildman–Crippen MR) is 84.9 cm³/mol. The quantitative estimate of drug-likeness (QED) is 0.760. The summed E-state index contributed by atoms with van der Waals surface area (Å²) in [5, 5.41) is 2.91. The molecule has 22 heavy (non-hydrogen) atoms. The standard InChI is InChI=1S/C17H17N3O2/c1-2-22-14-6-3-12(4-7-14)10-18-17(21)13-5-8-15-16(9-13)20-11-19-15/h3-9,11H,2,10H2,1H3,(H,18,21)(H,19,20). The lowest BCUT2D eigenvalue weighted by Gasteiger charge is -2.07. The Bertz CT molecular complexity index is 778. The van der Waals surface area contributed by atoms with Crippen LogP contribution in [0.2, 0.25) is 0 Å². The monoisotopic (exact) mass is 295 g/mol. The van der Waals surface area contributed by atoms with Crippen molar-refractivity contribution in [1.29, 1.82) is 0 Å². The van der Waals surface area contributed by atoms with Gasteiger partial charge in [-0.15, -0.1) is 0 Å². The van der Waals surface area contributed by atoms with E-state index in [4.69, 9.17) is 4.74 Å². The zero-order chi connectivity index (χ0) is 15.4. The highest BCUT2D eigenvalue weighted by atomic mass is 16.5. The molecular weight excluding hydrogens is 278 g/mol. The number of hydrogen-bond donors (Lipinski definition) is 2. The van der Waals surface area contributed by atoms with Gasteiger partial charge in [0, 0.05) is 12.1 Å². The molecule has 1 heterocycles. The van der Waals surface area contributed by atoms with Crippen molar-refractivity contribution in [2.75, 3.05) is 6.61 Å². The molecule has 0 atom stereocenters. The van der Waals surface area contributed by atoms with Crippen LogP contribution in [0.5, 0.6) is 5.75 Å². The van der Waals surface area contributed by atoms with Crippen LogP contribution >= 0.6 is 0 Å². The maximum absolute atomic E-state index is 12.2. The molecule has 0 fully saturated rings. The molecule has 0 saturated carbocycles. The minimum atomic E-state index is -0.106. The molecule has 0 bridgehead atoms. The molecule has 3 aromatic rings. The van der Waals surface area contributed by atoms with Crippen molar-refractivity contribution in [1.82, 2.24) is 15.3 Å². The summed E-state index contributed by atoms with van der Waals surface area (Å²) in [6.07, 6.45) is 1.62. The Balaban J connectivity index is 1.63. The fourth-order valence-corrected chi connectivity index (χ4v) is 2.23. The molecule has 0 radical (unpaired) electrons. The molecule has 0 aliphatic carbocycles. The van der Waals surface area contributed by atoms with Gasteiger partial charge < -0.3 is 15.0 Å². The first-order valence-corrected chi connectivity index (χ1v) is 7.19. The molecule has 0 spiro atoms. The van der Waals surface area contributed by atoms with Gasteiger partial charge in [-0.2, -0.15) is 0 Å². The SMILES string of the molecule is CCOc1ccc(CNC(=O)c2ccc3nc[nH]c3c2)cc1. The van der Waals surface area contributed by atoms with Crippen molar-refractivity contribution < 1.29 is 9.53 Å². The number of amides is 1. The third kappa shape index (κ3) is 3.09. The van der Waals surface area contributed by atoms with Gasteiger partial charge in [0.15, 0.2) is 0 Å². The number of hydrogen-bond acceptors (Lipinski definition) is 3. The van der Waals surface area contributed by atoms with Crippen LogP contribution in [-0.2, 0) is 6.54 Å². The van der Waals surface area contributed by atoms with Gasteiger partial charge in [-0.1, -0.05) is 12.1 Å². The molecule has 1 amide bonds. The van der Waals surface area contributed by atoms with Gasteiger partial charge >= 0.3 is 0 Å². The average molecular weight is 295 g/mol. The minimum Gasteiger partial charge on any atom is -0.494 e. The summed E-state index contributed by atoms with van der Waals surface area (Å²) >= 11 is 0. The fourth-order valence-electron chi connectivity index (χ4n) is 2.23. The summed E-state index contributed by atoms with van der Waals surface area (Å²) in [5.41, 5.74) is 3.35. The summed E-state index contributed by atoms with van der Waals surface area (Å²) in [5.74, 6) is 0.729. The molecule has 1 aromatic heterocycles. The smallest absolute Gasteiger partial charge is 0.251 e. The minimum absolute atomic E-state index is 0.106. The second-order valence-corrected chi connectivity index (χ2v) is 4.89. The van der Waals surface area contributed by atoms with E-state index in [1.807, 2.05) is 37.3 Å². The molecule has 5 heteroatoms. The Hall–Kier alpha value is -2.82. The zero-order valence-corrected chi connectivity index (χ0v) is 12.3. The zero-order valence-electron chi connectivity index (χ0n) is 12.3. The van der Waals surface area contributed by atoms with Gasteiger partial charge in [-0.25, -0.2) is 4.98 Å². The summed E-state index contributed by atoms with van der Waals surface area (Å²) in [6, 6.07) is 13.1. The number of nitrogens with zero attached hydrogens (tertiary/aromatic N) is 1. The van der Waals surface area contributed by atoms with Gasteiger partial charge in [-0.05, 0) is 42.8 Å². The van der Waals surface area contributed by atoms with Crippen LogP contribution in [0.1, 0.15) is 22.8 Å². The van der Waals surface area contributed by atoms with E-state index >= 15 is 0 Å². The Morgan fingerprint density at radius 2 is 2.05 bits per heavy atom. The topological polar surface area (TPSA) is 67.0 Å². The Labute approximate surface area is 128 Å². The Morgan fingerprint density at radius 1 is 1.23 bits per heavy atom. The number of ether oxygens (including phenoxy) is 1. The first kappa shape index (κ1) is 14.1. The van der Waals surface area contributed by atoms with Crippen LogP contribution in [0.25, 0.3) is 11.0 Å². The molecule has 0 aliphatic heterocycles. The fraction of sp³-hybridized carbons (Fsp3) is 0.176. The number of imidazole rings is 1. The lowest BCUT2D eigenvalue weighted by molar-refractivity contribution is 0.0951. The molecule has 3 rings (SSSR count). The van der Waals surface area contributed by atoms with Gasteiger partial charge in [0.05, 0.1) is 24.0 Å². The van der Waals surface area contributed by atoms with E-state index in [0.717, 1.165) is 22.3 Å². The number of fused-ring (bicyclic) bond motifs is 1. The van der Waals surface area contributed by atoms with Gasteiger partial charge in [0.25, 0.3) is 5.91 Å². The summed E-state index contributed by atoms with van der Waals surface area (Å²) < 4.78 is 5.39. The Morgan fingerprint density at radius 3 is 2.82 bits per heavy atom. The number of nitrogens with one attached hydrogen (secondary N) is 2. The third-order valence-corrected chi connectivity index (χ3v) is 3.37. The van der Waals surface area contributed by atoms with Crippen molar-refractivity contribution in [2.24, 2.45) is 0 Å². The molecule has 0 unspecified atom stereocenters. The van der Waals surface area contributed by atoms with E-state index in [1.165, 1.54) is 0 Å². The largest absolute Gasteiger partial charge is 0.494 e. The first-order valence-electron chi connectivity index (χ1n) is 7.19. The van der Waals surface area contributed by atoms with Gasteiger partial charge in [0.2, 0.25) is 0 Å². The highest BCUT2D eigenvalue weighted by molar-refractivity contribution is 5.97. The molecule has 0 saturated heterocycles. The van der Waals surface area contributed by atoms with Crippen LogP contribution in [0.3, 0.4) is 0 Å². The van der Waals surface area contributed by atoms with Crippen molar-refractivity contribution >= 4 is 16.9 Å². The number of H-pyrrole nitrogens is 1. The van der Waals surface area contributed by atoms with Crippen molar-refractivity contribution in [3.8, 4) is 5.75 Å². The first-order chi connectivity index (χ1) is 10.8. The lowest BCUT2D eigenvalue weighted by atomic mass is 10.1. The Kier molecular flexibility index (Phi) is 4.05. The summed E-state index contributed by atoms with van der Waals surface area (Å²) in [7, 11) is 0. The van der Waals surface area contributed by atoms with E-state index < -0.39 is 0 Å². The highest BCUT2D eigenvalue weighted by Gasteiger charge is 2.07. The maximum Gasteiger partial charge on any atom is 0.251 e. The van der Waals surface area contributed by atoms with E-state index in [1.54, 1.807) is 18.5 Å². The average Bonchev–Trinajstić information content (AvgIpc) is 3.01. The molecule has 0 aliphatic rings. The second-order valence-electron chi connectivity index (χ2n) is 4.89. The number of aromatic nitrogens is 2. The van der Waals surface area contributed by atoms with Crippen LogP contribution in [0.4, 0.5) is 0 Å². The number of carbonyl (C=O) groups is 1. The van der Waals surface area contributed by atoms with E-state index in [9.17, 15) is 4.79 Å². The maximum atomic E-state index is 12.2. The van der Waals surface area contributed by atoms with Crippen molar-refractivity contribution in [2.45, 2.75) is 13.5 Å². The number of aromatic amines is 1. The third-order valence-electron chi connectivity index (χ3n) is 3.37. The van der Waals surface area contributed by atoms with Gasteiger partial charge in [-0.3, -0.25) is 4.79 Å². The van der Waals surface area contributed by atoms with Crippen molar-refractivity contribution in [3.05, 3.63) is 59.9 Å². The second kappa shape index (κ2) is 6.30. The number of rotatable bonds is 5. The van der Waals surface area contributed by atoms with Crippen LogP contribution in [0.15, 0.2) is 48.8 Å². The van der Waals surface area contributed by atoms with E-state index in [2.05, 4.69) is 15.3 Å². The van der Waals surface area contributed by atoms with Gasteiger partial charge in [0.1, 0.15) is 5.75 Å². The summed E-state index contributed by atoms with van der Waals surface area (Å²) in [6.45, 7) is 3.07.